The number of morpholine rings is 1. The van der Waals surface area contributed by atoms with Gasteiger partial charge in [-0.25, -0.2) is 0 Å². The van der Waals surface area contributed by atoms with Crippen LogP contribution in [-0.4, -0.2) is 47.7 Å². The second kappa shape index (κ2) is 9.57. The zero-order chi connectivity index (χ0) is 21.0. The Morgan fingerprint density at radius 2 is 1.86 bits per heavy atom. The van der Waals surface area contributed by atoms with E-state index in [0.29, 0.717) is 16.5 Å². The standard InChI is InChI=1S/C22H25ClN2O3S/c1-14-4-7-18(10-20(14)23)24-21(26)13-27-19-8-5-17(6-9-19)22(29)25-11-15(2)28-16(3)12-25/h4-10,15-16H,11-13H2,1-3H3,(H,24,26)/t15-,16-/m0/s1. The van der Waals surface area contributed by atoms with Crippen molar-refractivity contribution >= 4 is 40.4 Å². The summed E-state index contributed by atoms with van der Waals surface area (Å²) in [5, 5.41) is 3.38. The average Bonchev–Trinajstić information content (AvgIpc) is 2.68. The van der Waals surface area contributed by atoms with Gasteiger partial charge >= 0.3 is 0 Å². The highest BCUT2D eigenvalue weighted by atomic mass is 35.5. The highest BCUT2D eigenvalue weighted by Gasteiger charge is 2.24. The van der Waals surface area contributed by atoms with Crippen molar-refractivity contribution in [1.29, 1.82) is 0 Å². The van der Waals surface area contributed by atoms with Gasteiger partial charge < -0.3 is 19.7 Å². The smallest absolute Gasteiger partial charge is 0.262 e. The molecule has 0 saturated carbocycles. The first kappa shape index (κ1) is 21.6. The van der Waals surface area contributed by atoms with Gasteiger partial charge in [0.1, 0.15) is 10.7 Å². The lowest BCUT2D eigenvalue weighted by Gasteiger charge is -2.37. The molecule has 0 aromatic heterocycles. The number of halogens is 1. The Morgan fingerprint density at radius 3 is 2.48 bits per heavy atom. The maximum absolute atomic E-state index is 12.1. The molecular formula is C22H25ClN2O3S. The molecule has 1 N–H and O–H groups in total. The topological polar surface area (TPSA) is 50.8 Å². The van der Waals surface area contributed by atoms with Crippen molar-refractivity contribution in [1.82, 2.24) is 4.90 Å². The van der Waals surface area contributed by atoms with Crippen LogP contribution >= 0.6 is 23.8 Å². The number of anilines is 1. The van der Waals surface area contributed by atoms with E-state index >= 15 is 0 Å². The normalized spacial score (nSPS) is 19.0. The van der Waals surface area contributed by atoms with Gasteiger partial charge in [-0.1, -0.05) is 29.9 Å². The highest BCUT2D eigenvalue weighted by Crippen LogP contribution is 2.20. The third-order valence-electron chi connectivity index (χ3n) is 4.63. The molecule has 1 aliphatic rings. The fraction of sp³-hybridized carbons (Fsp3) is 0.364. The maximum atomic E-state index is 12.1. The fourth-order valence-electron chi connectivity index (χ4n) is 3.24. The van der Waals surface area contributed by atoms with Crippen LogP contribution in [0.15, 0.2) is 42.5 Å². The van der Waals surface area contributed by atoms with Crippen LogP contribution in [0.1, 0.15) is 25.0 Å². The van der Waals surface area contributed by atoms with Crippen molar-refractivity contribution in [2.75, 3.05) is 25.0 Å². The SMILES string of the molecule is Cc1ccc(NC(=O)COc2ccc(C(=S)N3C[C@H](C)O[C@@H](C)C3)cc2)cc1Cl. The van der Waals surface area contributed by atoms with Crippen LogP contribution < -0.4 is 10.1 Å². The van der Waals surface area contributed by atoms with E-state index in [2.05, 4.69) is 24.1 Å². The van der Waals surface area contributed by atoms with Crippen LogP contribution in [-0.2, 0) is 9.53 Å². The van der Waals surface area contributed by atoms with Crippen LogP contribution in [0.2, 0.25) is 5.02 Å². The van der Waals surface area contributed by atoms with Gasteiger partial charge in [0, 0.05) is 29.4 Å². The molecule has 5 nitrogen and oxygen atoms in total. The summed E-state index contributed by atoms with van der Waals surface area (Å²) in [6.07, 6.45) is 0.308. The molecule has 1 amide bonds. The molecule has 7 heteroatoms. The molecule has 154 valence electrons. The van der Waals surface area contributed by atoms with Gasteiger partial charge in [-0.15, -0.1) is 0 Å². The lowest BCUT2D eigenvalue weighted by Crippen LogP contribution is -2.47. The molecule has 2 aromatic carbocycles. The van der Waals surface area contributed by atoms with Crippen molar-refractivity contribution in [3.05, 3.63) is 58.6 Å². The number of hydrogen-bond acceptors (Lipinski definition) is 4. The van der Waals surface area contributed by atoms with Gasteiger partial charge in [0.15, 0.2) is 6.61 Å². The number of nitrogens with zero attached hydrogens (tertiary/aromatic N) is 1. The molecule has 2 atom stereocenters. The summed E-state index contributed by atoms with van der Waals surface area (Å²) in [5.41, 5.74) is 2.55. The Kier molecular flexibility index (Phi) is 7.11. The molecule has 1 fully saturated rings. The molecule has 1 saturated heterocycles. The predicted octanol–water partition coefficient (Wildman–Crippen LogP) is 4.45. The van der Waals surface area contributed by atoms with Crippen LogP contribution in [0.4, 0.5) is 5.69 Å². The number of thiocarbonyl (C=S) groups is 1. The molecule has 3 rings (SSSR count). The predicted molar refractivity (Wildman–Crippen MR) is 120 cm³/mol. The lowest BCUT2D eigenvalue weighted by atomic mass is 10.1. The number of benzene rings is 2. The van der Waals surface area contributed by atoms with E-state index < -0.39 is 0 Å². The Bertz CT molecular complexity index is 878. The summed E-state index contributed by atoms with van der Waals surface area (Å²) >= 11 is 11.7. The van der Waals surface area contributed by atoms with Crippen molar-refractivity contribution in [3.8, 4) is 5.75 Å². The fourth-order valence-corrected chi connectivity index (χ4v) is 3.70. The summed E-state index contributed by atoms with van der Waals surface area (Å²) in [6.45, 7) is 7.49. The van der Waals surface area contributed by atoms with Gasteiger partial charge in [-0.2, -0.15) is 0 Å². The maximum Gasteiger partial charge on any atom is 0.262 e. The van der Waals surface area contributed by atoms with Crippen molar-refractivity contribution in [3.63, 3.8) is 0 Å². The Hall–Kier alpha value is -2.15. The Balaban J connectivity index is 1.53. The number of ether oxygens (including phenoxy) is 2. The number of aryl methyl sites for hydroxylation is 1. The number of hydrogen-bond donors (Lipinski definition) is 1. The summed E-state index contributed by atoms with van der Waals surface area (Å²) in [6, 6.07) is 12.9. The molecule has 1 heterocycles. The molecule has 0 aliphatic carbocycles. The van der Waals surface area contributed by atoms with Crippen molar-refractivity contribution in [2.24, 2.45) is 0 Å². The van der Waals surface area contributed by atoms with E-state index in [9.17, 15) is 4.79 Å². The first-order valence-corrected chi connectivity index (χ1v) is 10.3. The van der Waals surface area contributed by atoms with Gasteiger partial charge in [-0.3, -0.25) is 4.79 Å². The van der Waals surface area contributed by atoms with Gasteiger partial charge in [-0.05, 0) is 62.7 Å². The van der Waals surface area contributed by atoms with Crippen LogP contribution in [0.5, 0.6) is 5.75 Å². The minimum Gasteiger partial charge on any atom is -0.484 e. The largest absolute Gasteiger partial charge is 0.484 e. The monoisotopic (exact) mass is 432 g/mol. The number of amides is 1. The number of carbonyl (C=O) groups is 1. The van der Waals surface area contributed by atoms with Crippen molar-refractivity contribution < 1.29 is 14.3 Å². The zero-order valence-corrected chi connectivity index (χ0v) is 18.3. The van der Waals surface area contributed by atoms with Crippen molar-refractivity contribution in [2.45, 2.75) is 33.0 Å². The van der Waals surface area contributed by atoms with Gasteiger partial charge in [0.25, 0.3) is 5.91 Å². The number of rotatable bonds is 5. The lowest BCUT2D eigenvalue weighted by molar-refractivity contribution is -0.118. The molecule has 0 spiro atoms. The molecule has 1 aliphatic heterocycles. The molecular weight excluding hydrogens is 408 g/mol. The quantitative estimate of drug-likeness (QED) is 0.707. The number of carbonyl (C=O) groups excluding carboxylic acids is 1. The molecule has 0 unspecified atom stereocenters. The molecule has 2 aromatic rings. The van der Waals surface area contributed by atoms with E-state index in [4.69, 9.17) is 33.3 Å². The van der Waals surface area contributed by atoms with Gasteiger partial charge in [0.2, 0.25) is 0 Å². The Morgan fingerprint density at radius 1 is 1.21 bits per heavy atom. The highest BCUT2D eigenvalue weighted by molar-refractivity contribution is 7.80. The first-order valence-electron chi connectivity index (χ1n) is 9.55. The molecule has 0 radical (unpaired) electrons. The minimum atomic E-state index is -0.249. The van der Waals surface area contributed by atoms with Crippen LogP contribution in [0.3, 0.4) is 0 Å². The first-order chi connectivity index (χ1) is 13.8. The van der Waals surface area contributed by atoms with E-state index in [0.717, 1.165) is 29.2 Å². The summed E-state index contributed by atoms with van der Waals surface area (Å²) in [4.78, 5) is 15.1. The second-order valence-electron chi connectivity index (χ2n) is 7.29. The third-order valence-corrected chi connectivity index (χ3v) is 5.53. The average molecular weight is 433 g/mol. The zero-order valence-electron chi connectivity index (χ0n) is 16.8. The Labute approximate surface area is 181 Å². The second-order valence-corrected chi connectivity index (χ2v) is 8.09. The minimum absolute atomic E-state index is 0.0895. The molecule has 0 bridgehead atoms. The number of nitrogens with one attached hydrogen (secondary N) is 1. The summed E-state index contributed by atoms with van der Waals surface area (Å²) < 4.78 is 11.4. The van der Waals surface area contributed by atoms with E-state index in [1.165, 1.54) is 0 Å². The third kappa shape index (κ3) is 5.92. The van der Waals surface area contributed by atoms with E-state index in [1.807, 2.05) is 43.3 Å². The summed E-state index contributed by atoms with van der Waals surface area (Å²) in [5.74, 6) is 0.359. The van der Waals surface area contributed by atoms with Crippen LogP contribution in [0, 0.1) is 6.92 Å². The summed E-state index contributed by atoms with van der Waals surface area (Å²) in [7, 11) is 0. The van der Waals surface area contributed by atoms with Gasteiger partial charge in [0.05, 0.1) is 12.2 Å². The van der Waals surface area contributed by atoms with E-state index in [1.54, 1.807) is 6.07 Å². The van der Waals surface area contributed by atoms with Crippen LogP contribution in [0.25, 0.3) is 0 Å². The van der Waals surface area contributed by atoms with E-state index in [-0.39, 0.29) is 24.7 Å². The molecule has 29 heavy (non-hydrogen) atoms.